The molecule has 2 aliphatic heterocycles. The van der Waals surface area contributed by atoms with Crippen molar-refractivity contribution in [2.75, 3.05) is 0 Å². The summed E-state index contributed by atoms with van der Waals surface area (Å²) in [5.41, 5.74) is 12.3. The molecule has 1 atom stereocenters. The summed E-state index contributed by atoms with van der Waals surface area (Å²) in [5, 5.41) is 6.14. The lowest BCUT2D eigenvalue weighted by atomic mass is 9.66. The molecule has 9 aromatic rings. The van der Waals surface area contributed by atoms with Crippen molar-refractivity contribution in [3.05, 3.63) is 227 Å². The van der Waals surface area contributed by atoms with E-state index in [1.165, 1.54) is 48.0 Å². The summed E-state index contributed by atoms with van der Waals surface area (Å²) in [6, 6.07) is 67.2. The minimum absolute atomic E-state index is 0.418. The third kappa shape index (κ3) is 4.79. The number of nitrogens with zero attached hydrogens (tertiary/aromatic N) is 2. The monoisotopic (exact) mass is 747 g/mol. The molecule has 0 amide bonds. The van der Waals surface area contributed by atoms with Gasteiger partial charge in [-0.1, -0.05) is 158 Å². The van der Waals surface area contributed by atoms with Crippen molar-refractivity contribution in [3.63, 3.8) is 0 Å². The molecule has 3 heterocycles. The van der Waals surface area contributed by atoms with Crippen LogP contribution in [0.15, 0.2) is 198 Å². The summed E-state index contributed by atoms with van der Waals surface area (Å²) in [4.78, 5) is 10.5. The van der Waals surface area contributed by atoms with Gasteiger partial charge >= 0.3 is 0 Å². The van der Waals surface area contributed by atoms with Crippen LogP contribution < -0.4 is 10.1 Å². The Labute approximate surface area is 334 Å². The van der Waals surface area contributed by atoms with Gasteiger partial charge < -0.3 is 10.1 Å². The van der Waals surface area contributed by atoms with Crippen molar-refractivity contribution in [3.8, 4) is 33.8 Å². The van der Waals surface area contributed by atoms with E-state index >= 15 is 0 Å². The van der Waals surface area contributed by atoms with Crippen molar-refractivity contribution in [1.82, 2.24) is 5.32 Å². The van der Waals surface area contributed by atoms with Crippen molar-refractivity contribution < 1.29 is 4.74 Å². The zero-order chi connectivity index (χ0) is 37.5. The number of amidine groups is 2. The number of thiophene rings is 1. The normalized spacial score (nSPS) is 15.8. The van der Waals surface area contributed by atoms with E-state index in [0.717, 1.165) is 56.6 Å². The molecule has 8 aromatic carbocycles. The number of rotatable bonds is 4. The number of ether oxygens (including phenoxy) is 1. The first-order valence-corrected chi connectivity index (χ1v) is 20.2. The maximum atomic E-state index is 6.69. The van der Waals surface area contributed by atoms with Crippen LogP contribution in [0.25, 0.3) is 42.4 Å². The fourth-order valence-electron chi connectivity index (χ4n) is 9.30. The van der Waals surface area contributed by atoms with Gasteiger partial charge in [0.25, 0.3) is 0 Å². The van der Waals surface area contributed by atoms with Gasteiger partial charge in [-0.3, -0.25) is 0 Å². The molecule has 0 bridgehead atoms. The van der Waals surface area contributed by atoms with Crippen LogP contribution in [-0.4, -0.2) is 11.7 Å². The lowest BCUT2D eigenvalue weighted by molar-refractivity contribution is 0.436. The van der Waals surface area contributed by atoms with Gasteiger partial charge in [-0.15, -0.1) is 11.3 Å². The topological polar surface area (TPSA) is 46.0 Å². The van der Waals surface area contributed by atoms with E-state index in [2.05, 4.69) is 187 Å². The van der Waals surface area contributed by atoms with Crippen molar-refractivity contribution in [2.24, 2.45) is 9.98 Å². The minimum Gasteiger partial charge on any atom is -0.457 e. The molecule has 0 saturated heterocycles. The quantitative estimate of drug-likeness (QED) is 0.195. The van der Waals surface area contributed by atoms with Gasteiger partial charge in [-0.2, -0.15) is 0 Å². The number of benzene rings is 8. The van der Waals surface area contributed by atoms with Crippen molar-refractivity contribution >= 4 is 43.2 Å². The second-order valence-electron chi connectivity index (χ2n) is 14.9. The molecule has 57 heavy (non-hydrogen) atoms. The summed E-state index contributed by atoms with van der Waals surface area (Å²) in [7, 11) is 0. The number of fused-ring (bicyclic) bond motifs is 12. The molecule has 4 nitrogen and oxygen atoms in total. The second-order valence-corrected chi connectivity index (χ2v) is 15.9. The van der Waals surface area contributed by atoms with E-state index in [1.54, 1.807) is 0 Å². The average molecular weight is 748 g/mol. The van der Waals surface area contributed by atoms with Gasteiger partial charge in [0.05, 0.1) is 5.41 Å². The van der Waals surface area contributed by atoms with E-state index in [-0.39, 0.29) is 0 Å². The minimum atomic E-state index is -0.507. The Hall–Kier alpha value is -7.08. The molecule has 0 fully saturated rings. The highest BCUT2D eigenvalue weighted by molar-refractivity contribution is 7.26. The zero-order valence-corrected chi connectivity index (χ0v) is 31.5. The molecule has 1 unspecified atom stereocenters. The molecule has 3 aliphatic rings. The van der Waals surface area contributed by atoms with Crippen LogP contribution in [0.1, 0.15) is 45.1 Å². The van der Waals surface area contributed by atoms with Gasteiger partial charge in [-0.25, -0.2) is 9.98 Å². The first-order valence-electron chi connectivity index (χ1n) is 19.3. The maximum Gasteiger partial charge on any atom is 0.169 e. The summed E-state index contributed by atoms with van der Waals surface area (Å²) in [6.07, 6.45) is -0.418. The average Bonchev–Trinajstić information content (AvgIpc) is 3.81. The first kappa shape index (κ1) is 32.2. The number of para-hydroxylation sites is 1. The molecule has 268 valence electrons. The molecular formula is C52H33N3OS. The zero-order valence-electron chi connectivity index (χ0n) is 30.7. The molecule has 1 aliphatic carbocycles. The Balaban J connectivity index is 0.972. The van der Waals surface area contributed by atoms with Gasteiger partial charge in [0.2, 0.25) is 0 Å². The number of hydrogen-bond donors (Lipinski definition) is 1. The lowest BCUT2D eigenvalue weighted by Gasteiger charge is -2.39. The third-order valence-electron chi connectivity index (χ3n) is 11.8. The smallest absolute Gasteiger partial charge is 0.169 e. The predicted octanol–water partition coefficient (Wildman–Crippen LogP) is 12.7. The molecular weight excluding hydrogens is 715 g/mol. The van der Waals surface area contributed by atoms with Gasteiger partial charge in [0, 0.05) is 42.4 Å². The highest BCUT2D eigenvalue weighted by atomic mass is 32.1. The molecule has 5 heteroatoms. The van der Waals surface area contributed by atoms with E-state index < -0.39 is 11.6 Å². The van der Waals surface area contributed by atoms with Crippen LogP contribution >= 0.6 is 11.3 Å². The Morgan fingerprint density at radius 3 is 1.88 bits per heavy atom. The summed E-state index contributed by atoms with van der Waals surface area (Å²) < 4.78 is 9.17. The SMILES string of the molecule is c1ccc(C2=NC(c3ccc(-c4ccc5c(c4)C4(c6ccccc6O5)c5ccccc5-c5ccccc54)cc3)N=C(c3cccc4c3sc3ccccc34)N2)cc1. The van der Waals surface area contributed by atoms with Crippen LogP contribution in [0.3, 0.4) is 0 Å². The first-order chi connectivity index (χ1) is 28.2. The fraction of sp³-hybridized carbons (Fsp3) is 0.0385. The Kier molecular flexibility index (Phi) is 7.04. The lowest BCUT2D eigenvalue weighted by Crippen LogP contribution is -2.36. The Bertz CT molecular complexity index is 3100. The van der Waals surface area contributed by atoms with Crippen LogP contribution in [0.5, 0.6) is 11.5 Å². The van der Waals surface area contributed by atoms with Gasteiger partial charge in [0.15, 0.2) is 6.17 Å². The van der Waals surface area contributed by atoms with Crippen LogP contribution in [0.2, 0.25) is 0 Å². The number of hydrogen-bond acceptors (Lipinski definition) is 5. The second kappa shape index (κ2) is 12.5. The summed E-state index contributed by atoms with van der Waals surface area (Å²) in [6.45, 7) is 0. The highest BCUT2D eigenvalue weighted by Crippen LogP contribution is 2.62. The molecule has 1 aromatic heterocycles. The van der Waals surface area contributed by atoms with E-state index in [0.29, 0.717) is 0 Å². The number of nitrogens with one attached hydrogen (secondary N) is 1. The largest absolute Gasteiger partial charge is 0.457 e. The predicted molar refractivity (Wildman–Crippen MR) is 234 cm³/mol. The molecule has 12 rings (SSSR count). The number of aliphatic imine (C=N–C) groups is 2. The van der Waals surface area contributed by atoms with Crippen molar-refractivity contribution in [2.45, 2.75) is 11.6 Å². The third-order valence-corrected chi connectivity index (χ3v) is 13.1. The highest BCUT2D eigenvalue weighted by Gasteiger charge is 2.51. The maximum absolute atomic E-state index is 6.69. The fourth-order valence-corrected chi connectivity index (χ4v) is 10.5. The standard InChI is InChI=1S/C52H33N3OS/c1-2-13-33(14-3-1)49-53-50(55-51(54-49)40-19-12-18-39-38-17-6-11-24-47(38)57-48(39)40)34-27-25-32(26-28-34)35-29-30-46-44(31-35)52(43-22-9-10-23-45(43)56-46)41-20-7-4-15-36(41)37-16-5-8-21-42(37)52/h1-31,50H,(H,53,54,55). The molecule has 0 radical (unpaired) electrons. The summed E-state index contributed by atoms with van der Waals surface area (Å²) in [5.74, 6) is 3.42. The van der Waals surface area contributed by atoms with Crippen LogP contribution in [0, 0.1) is 0 Å². The van der Waals surface area contributed by atoms with Crippen molar-refractivity contribution in [1.29, 1.82) is 0 Å². The molecule has 0 saturated carbocycles. The van der Waals surface area contributed by atoms with Gasteiger partial charge in [0.1, 0.15) is 23.2 Å². The van der Waals surface area contributed by atoms with E-state index in [1.807, 2.05) is 17.4 Å². The molecule has 1 spiro atoms. The summed E-state index contributed by atoms with van der Waals surface area (Å²) >= 11 is 1.81. The molecule has 1 N–H and O–H groups in total. The van der Waals surface area contributed by atoms with Crippen LogP contribution in [-0.2, 0) is 5.41 Å². The van der Waals surface area contributed by atoms with Gasteiger partial charge in [-0.05, 0) is 69.3 Å². The Morgan fingerprint density at radius 2 is 1.07 bits per heavy atom. The Morgan fingerprint density at radius 1 is 0.456 bits per heavy atom. The van der Waals surface area contributed by atoms with E-state index in [4.69, 9.17) is 14.7 Å². The van der Waals surface area contributed by atoms with E-state index in [9.17, 15) is 0 Å². The van der Waals surface area contributed by atoms with Crippen LogP contribution in [0.4, 0.5) is 0 Å².